The van der Waals surface area contributed by atoms with E-state index in [1.165, 1.54) is 93.5 Å². The van der Waals surface area contributed by atoms with Gasteiger partial charge in [0.05, 0.1) is 0 Å². The SMILES string of the molecule is c1ccc(-c2c3c(c(-c4ccccc4)c4ccccc24)-c2ccc(-c4ccc(-c5cccc6c5oc5ccccc56)c5ccccc45)c4cccc-3c24)cc1. The van der Waals surface area contributed by atoms with Gasteiger partial charge in [-0.1, -0.05) is 188 Å². The molecule has 0 spiro atoms. The van der Waals surface area contributed by atoms with Crippen LogP contribution in [-0.2, 0) is 0 Å². The molecule has 1 heterocycles. The minimum atomic E-state index is 0.915. The van der Waals surface area contributed by atoms with Crippen LogP contribution in [0, 0.1) is 0 Å². The molecule has 0 atom stereocenters. The fourth-order valence-electron chi connectivity index (χ4n) is 9.57. The van der Waals surface area contributed by atoms with Crippen LogP contribution in [0.2, 0.25) is 0 Å². The zero-order chi connectivity index (χ0) is 36.0. The summed E-state index contributed by atoms with van der Waals surface area (Å²) in [7, 11) is 0. The van der Waals surface area contributed by atoms with Gasteiger partial charge in [0.25, 0.3) is 0 Å². The Morgan fingerprint density at radius 1 is 0.236 bits per heavy atom. The molecule has 1 aromatic heterocycles. The van der Waals surface area contributed by atoms with Crippen LogP contribution in [0.1, 0.15) is 0 Å². The smallest absolute Gasteiger partial charge is 0.143 e. The van der Waals surface area contributed by atoms with Gasteiger partial charge in [0.1, 0.15) is 11.2 Å². The normalized spacial score (nSPS) is 12.0. The van der Waals surface area contributed by atoms with Crippen LogP contribution in [0.15, 0.2) is 199 Å². The lowest BCUT2D eigenvalue weighted by Crippen LogP contribution is -1.93. The molecule has 0 fully saturated rings. The Labute approximate surface area is 318 Å². The lowest BCUT2D eigenvalue weighted by molar-refractivity contribution is 0.670. The molecular weight excluding hydrogens is 665 g/mol. The van der Waals surface area contributed by atoms with Gasteiger partial charge in [0, 0.05) is 16.3 Å². The van der Waals surface area contributed by atoms with Gasteiger partial charge in [-0.3, -0.25) is 0 Å². The zero-order valence-corrected chi connectivity index (χ0v) is 29.9. The quantitative estimate of drug-likeness (QED) is 0.179. The van der Waals surface area contributed by atoms with Crippen molar-refractivity contribution in [3.63, 3.8) is 0 Å². The molecule has 55 heavy (non-hydrogen) atoms. The second-order valence-electron chi connectivity index (χ2n) is 14.7. The maximum atomic E-state index is 6.54. The molecular formula is C54H32O. The lowest BCUT2D eigenvalue weighted by atomic mass is 9.82. The molecule has 10 aromatic carbocycles. The average molecular weight is 697 g/mol. The molecule has 0 saturated carbocycles. The minimum Gasteiger partial charge on any atom is -0.455 e. The van der Waals surface area contributed by atoms with Crippen molar-refractivity contribution >= 4 is 54.3 Å². The van der Waals surface area contributed by atoms with E-state index >= 15 is 0 Å². The van der Waals surface area contributed by atoms with E-state index in [4.69, 9.17) is 4.42 Å². The molecule has 1 aliphatic rings. The van der Waals surface area contributed by atoms with Crippen molar-refractivity contribution in [2.24, 2.45) is 0 Å². The molecule has 1 heteroatoms. The van der Waals surface area contributed by atoms with Gasteiger partial charge in [-0.25, -0.2) is 0 Å². The first-order valence-electron chi connectivity index (χ1n) is 19.0. The van der Waals surface area contributed by atoms with E-state index in [-0.39, 0.29) is 0 Å². The maximum absolute atomic E-state index is 6.54. The Kier molecular flexibility index (Phi) is 6.40. The summed E-state index contributed by atoms with van der Waals surface area (Å²) in [6.07, 6.45) is 0. The Bertz CT molecular complexity index is 3260. The zero-order valence-electron chi connectivity index (χ0n) is 29.9. The Hall–Kier alpha value is -7.22. The number of rotatable bonds is 4. The summed E-state index contributed by atoms with van der Waals surface area (Å²) in [6.45, 7) is 0. The van der Waals surface area contributed by atoms with Crippen LogP contribution < -0.4 is 0 Å². The predicted octanol–water partition coefficient (Wildman–Crippen LogP) is 15.4. The van der Waals surface area contributed by atoms with Crippen LogP contribution in [0.3, 0.4) is 0 Å². The monoisotopic (exact) mass is 696 g/mol. The third-order valence-electron chi connectivity index (χ3n) is 11.8. The summed E-state index contributed by atoms with van der Waals surface area (Å²) in [5.41, 5.74) is 16.9. The van der Waals surface area contributed by atoms with Gasteiger partial charge in [0.2, 0.25) is 0 Å². The second kappa shape index (κ2) is 11.6. The van der Waals surface area contributed by atoms with E-state index < -0.39 is 0 Å². The highest BCUT2D eigenvalue weighted by molar-refractivity contribution is 6.29. The number of fused-ring (bicyclic) bond motifs is 8. The standard InChI is InChI=1S/C54H32O/c1-3-15-33(16-4-1)49-42-22-9-10-23-43(42)50(34-17-5-2-6-18-34)53-47-32-31-38(41-24-13-27-46(51(41)47)52(49)53)37-29-30-39(36-20-8-7-19-35(36)37)44-25-14-26-45-40-21-11-12-28-48(40)55-54(44)45/h1-32H. The number of hydrogen-bond donors (Lipinski definition) is 0. The number of para-hydroxylation sites is 2. The fraction of sp³-hybridized carbons (Fsp3) is 0. The van der Waals surface area contributed by atoms with Crippen LogP contribution in [0.4, 0.5) is 0 Å². The summed E-state index contributed by atoms with van der Waals surface area (Å²) >= 11 is 0. The van der Waals surface area contributed by atoms with E-state index in [1.807, 2.05) is 6.07 Å². The highest BCUT2D eigenvalue weighted by atomic mass is 16.3. The second-order valence-corrected chi connectivity index (χ2v) is 14.7. The lowest BCUT2D eigenvalue weighted by Gasteiger charge is -2.20. The predicted molar refractivity (Wildman–Crippen MR) is 232 cm³/mol. The molecule has 0 amide bonds. The largest absolute Gasteiger partial charge is 0.455 e. The Morgan fingerprint density at radius 3 is 1.27 bits per heavy atom. The molecule has 0 aliphatic heterocycles. The van der Waals surface area contributed by atoms with Gasteiger partial charge in [-0.05, 0) is 99.6 Å². The van der Waals surface area contributed by atoms with E-state index in [2.05, 4.69) is 188 Å². The van der Waals surface area contributed by atoms with E-state index in [1.54, 1.807) is 0 Å². The molecule has 0 unspecified atom stereocenters. The van der Waals surface area contributed by atoms with Crippen molar-refractivity contribution in [1.82, 2.24) is 0 Å². The third kappa shape index (κ3) is 4.30. The molecule has 0 saturated heterocycles. The van der Waals surface area contributed by atoms with Crippen LogP contribution in [0.25, 0.3) is 121 Å². The molecule has 12 rings (SSSR count). The molecule has 0 radical (unpaired) electrons. The van der Waals surface area contributed by atoms with Crippen molar-refractivity contribution in [2.45, 2.75) is 0 Å². The van der Waals surface area contributed by atoms with E-state index in [0.29, 0.717) is 0 Å². The molecule has 1 nitrogen and oxygen atoms in total. The number of hydrogen-bond acceptors (Lipinski definition) is 1. The maximum Gasteiger partial charge on any atom is 0.143 e. The molecule has 0 bridgehead atoms. The van der Waals surface area contributed by atoms with Crippen molar-refractivity contribution in [1.29, 1.82) is 0 Å². The highest BCUT2D eigenvalue weighted by Crippen LogP contribution is 2.58. The molecule has 1 aliphatic carbocycles. The van der Waals surface area contributed by atoms with Gasteiger partial charge in [-0.2, -0.15) is 0 Å². The molecule has 254 valence electrons. The first-order chi connectivity index (χ1) is 27.3. The van der Waals surface area contributed by atoms with Crippen molar-refractivity contribution in [2.75, 3.05) is 0 Å². The first-order valence-corrected chi connectivity index (χ1v) is 19.0. The van der Waals surface area contributed by atoms with Gasteiger partial charge < -0.3 is 4.42 Å². The van der Waals surface area contributed by atoms with Gasteiger partial charge in [-0.15, -0.1) is 0 Å². The van der Waals surface area contributed by atoms with E-state index in [9.17, 15) is 0 Å². The average Bonchev–Trinajstić information content (AvgIpc) is 3.80. The van der Waals surface area contributed by atoms with Crippen LogP contribution in [-0.4, -0.2) is 0 Å². The van der Waals surface area contributed by atoms with Crippen LogP contribution in [0.5, 0.6) is 0 Å². The van der Waals surface area contributed by atoms with Crippen molar-refractivity contribution in [3.05, 3.63) is 194 Å². The highest BCUT2D eigenvalue weighted by Gasteiger charge is 2.31. The minimum absolute atomic E-state index is 0.915. The number of furan rings is 1. The summed E-state index contributed by atoms with van der Waals surface area (Å²) in [4.78, 5) is 0. The van der Waals surface area contributed by atoms with Crippen molar-refractivity contribution in [3.8, 4) is 66.8 Å². The summed E-state index contributed by atoms with van der Waals surface area (Å²) < 4.78 is 6.54. The summed E-state index contributed by atoms with van der Waals surface area (Å²) in [5, 5.41) is 9.87. The summed E-state index contributed by atoms with van der Waals surface area (Å²) in [5.74, 6) is 0. The van der Waals surface area contributed by atoms with Gasteiger partial charge in [0.15, 0.2) is 0 Å². The van der Waals surface area contributed by atoms with Crippen LogP contribution >= 0.6 is 0 Å². The Balaban J connectivity index is 1.14. The fourth-order valence-corrected chi connectivity index (χ4v) is 9.57. The van der Waals surface area contributed by atoms with Crippen molar-refractivity contribution < 1.29 is 4.42 Å². The topological polar surface area (TPSA) is 13.1 Å². The Morgan fingerprint density at radius 2 is 0.655 bits per heavy atom. The first kappa shape index (κ1) is 30.3. The third-order valence-corrected chi connectivity index (χ3v) is 11.8. The van der Waals surface area contributed by atoms with Gasteiger partial charge >= 0.3 is 0 Å². The molecule has 11 aromatic rings. The van der Waals surface area contributed by atoms with E-state index in [0.717, 1.165) is 27.5 Å². The number of benzene rings is 10. The summed E-state index contributed by atoms with van der Waals surface area (Å²) in [6, 6.07) is 70.9. The molecule has 0 N–H and O–H groups in total.